The van der Waals surface area contributed by atoms with Crippen LogP contribution in [0.5, 0.6) is 0 Å². The van der Waals surface area contributed by atoms with Gasteiger partial charge in [-0.05, 0) is 29.7 Å². The van der Waals surface area contributed by atoms with Gasteiger partial charge in [0.15, 0.2) is 0 Å². The zero-order valence-corrected chi connectivity index (χ0v) is 16.3. The molecule has 0 aromatic carbocycles. The molecule has 0 amide bonds. The summed E-state index contributed by atoms with van der Waals surface area (Å²) < 4.78 is 9.08. The van der Waals surface area contributed by atoms with Gasteiger partial charge in [-0.3, -0.25) is 0 Å². The van der Waals surface area contributed by atoms with Crippen molar-refractivity contribution >= 4 is 54.5 Å². The molecule has 2 atom stereocenters. The molecule has 104 valence electrons. The number of rotatable bonds is 3. The molecule has 0 saturated carbocycles. The van der Waals surface area contributed by atoms with Crippen LogP contribution in [-0.4, -0.2) is 10.0 Å². The molecule has 2 aliphatic carbocycles. The first-order valence-corrected chi connectivity index (χ1v) is 9.24. The fraction of sp³-hybridized carbons (Fsp3) is 0.467. The van der Waals surface area contributed by atoms with E-state index in [1.54, 1.807) is 0 Å². The minimum absolute atomic E-state index is 0.150. The molecule has 2 aliphatic rings. The van der Waals surface area contributed by atoms with Crippen molar-refractivity contribution in [3.8, 4) is 0 Å². The second kappa shape index (κ2) is 6.94. The van der Waals surface area contributed by atoms with Gasteiger partial charge in [-0.2, -0.15) is 0 Å². The zero-order chi connectivity index (χ0) is 14.0. The largest absolute Gasteiger partial charge is 0.490 e. The number of ether oxygens (including phenoxy) is 1. The van der Waals surface area contributed by atoms with Crippen molar-refractivity contribution < 1.29 is 4.74 Å². The monoisotopic (exact) mass is 498 g/mol. The first kappa shape index (κ1) is 15.8. The molecular formula is C15H17Br2IO. The predicted molar refractivity (Wildman–Crippen MR) is 96.9 cm³/mol. The minimum atomic E-state index is 0.150. The van der Waals surface area contributed by atoms with E-state index in [-0.39, 0.29) is 6.10 Å². The second-order valence-electron chi connectivity index (χ2n) is 5.09. The van der Waals surface area contributed by atoms with Gasteiger partial charge >= 0.3 is 0 Å². The lowest BCUT2D eigenvalue weighted by Crippen LogP contribution is -2.17. The van der Waals surface area contributed by atoms with E-state index in [0.717, 1.165) is 18.6 Å². The van der Waals surface area contributed by atoms with Crippen molar-refractivity contribution in [3.63, 3.8) is 0 Å². The third-order valence-electron chi connectivity index (χ3n) is 3.22. The van der Waals surface area contributed by atoms with Crippen molar-refractivity contribution in [3.05, 3.63) is 44.6 Å². The van der Waals surface area contributed by atoms with E-state index in [9.17, 15) is 0 Å². The Morgan fingerprint density at radius 1 is 1.26 bits per heavy atom. The van der Waals surface area contributed by atoms with Crippen molar-refractivity contribution in [2.75, 3.05) is 0 Å². The fourth-order valence-corrected chi connectivity index (χ4v) is 4.00. The number of allylic oxidation sites excluding steroid dienone is 6. The third-order valence-corrected chi connectivity index (χ3v) is 6.78. The van der Waals surface area contributed by atoms with Crippen LogP contribution in [-0.2, 0) is 4.74 Å². The van der Waals surface area contributed by atoms with Crippen molar-refractivity contribution in [2.24, 2.45) is 5.92 Å². The summed E-state index contributed by atoms with van der Waals surface area (Å²) in [6.07, 6.45) is 10.6. The summed E-state index contributed by atoms with van der Waals surface area (Å²) in [6, 6.07) is 0. The summed E-state index contributed by atoms with van der Waals surface area (Å²) in [6.45, 7) is 4.43. The molecule has 0 aromatic heterocycles. The van der Waals surface area contributed by atoms with Gasteiger partial charge in [0.1, 0.15) is 6.10 Å². The highest BCUT2D eigenvalue weighted by Gasteiger charge is 2.21. The van der Waals surface area contributed by atoms with E-state index in [1.807, 2.05) is 0 Å². The van der Waals surface area contributed by atoms with Gasteiger partial charge in [-0.15, -0.1) is 0 Å². The number of halogens is 3. The topological polar surface area (TPSA) is 9.23 Å². The lowest BCUT2D eigenvalue weighted by molar-refractivity contribution is 0.147. The van der Waals surface area contributed by atoms with Crippen LogP contribution in [0.4, 0.5) is 0 Å². The molecule has 0 bridgehead atoms. The van der Waals surface area contributed by atoms with Crippen LogP contribution in [0.15, 0.2) is 44.6 Å². The smallest absolute Gasteiger partial charge is 0.121 e. The van der Waals surface area contributed by atoms with Crippen LogP contribution in [0, 0.1) is 5.92 Å². The van der Waals surface area contributed by atoms with Gasteiger partial charge in [-0.25, -0.2) is 0 Å². The summed E-state index contributed by atoms with van der Waals surface area (Å²) in [5, 5.41) is 0. The Labute approximate surface area is 145 Å². The summed E-state index contributed by atoms with van der Waals surface area (Å²) in [5.41, 5.74) is 1.38. The SMILES string of the molecule is CC(C)C1=C(Br)CC(OC2=CC=C(Br)C(I)C2)C=C1. The van der Waals surface area contributed by atoms with Crippen molar-refractivity contribution in [2.45, 2.75) is 36.7 Å². The first-order chi connectivity index (χ1) is 8.97. The summed E-state index contributed by atoms with van der Waals surface area (Å²) >= 11 is 9.69. The van der Waals surface area contributed by atoms with E-state index < -0.39 is 0 Å². The minimum Gasteiger partial charge on any atom is -0.490 e. The van der Waals surface area contributed by atoms with Crippen LogP contribution in [0.1, 0.15) is 26.7 Å². The number of alkyl halides is 1. The lowest BCUT2D eigenvalue weighted by Gasteiger charge is -2.25. The second-order valence-corrected chi connectivity index (χ2v) is 8.47. The van der Waals surface area contributed by atoms with Gasteiger partial charge in [0.05, 0.1) is 5.76 Å². The van der Waals surface area contributed by atoms with Crippen LogP contribution in [0.3, 0.4) is 0 Å². The molecule has 0 fully saturated rings. The van der Waals surface area contributed by atoms with Gasteiger partial charge < -0.3 is 4.74 Å². The average molecular weight is 500 g/mol. The van der Waals surface area contributed by atoms with E-state index in [2.05, 4.69) is 92.6 Å². The first-order valence-electron chi connectivity index (χ1n) is 6.41. The van der Waals surface area contributed by atoms with Crippen molar-refractivity contribution in [1.29, 1.82) is 0 Å². The highest BCUT2D eigenvalue weighted by molar-refractivity contribution is 14.1. The van der Waals surface area contributed by atoms with Crippen molar-refractivity contribution in [1.82, 2.24) is 0 Å². The molecule has 0 spiro atoms. The van der Waals surface area contributed by atoms with E-state index >= 15 is 0 Å². The predicted octanol–water partition coefficient (Wildman–Crippen LogP) is 6.01. The Hall–Kier alpha value is 0.450. The molecule has 0 aromatic rings. The van der Waals surface area contributed by atoms with Gasteiger partial charge in [0.2, 0.25) is 0 Å². The van der Waals surface area contributed by atoms with Gasteiger partial charge in [-0.1, -0.05) is 74.4 Å². The van der Waals surface area contributed by atoms with E-state index in [1.165, 1.54) is 14.5 Å². The van der Waals surface area contributed by atoms with Crippen LogP contribution in [0.25, 0.3) is 0 Å². The fourth-order valence-electron chi connectivity index (χ4n) is 2.15. The Balaban J connectivity index is 1.99. The number of hydrogen-bond donors (Lipinski definition) is 0. The Bertz CT molecular complexity index is 475. The third kappa shape index (κ3) is 4.21. The normalized spacial score (nSPS) is 27.5. The molecule has 0 heterocycles. The van der Waals surface area contributed by atoms with Crippen LogP contribution in [0.2, 0.25) is 0 Å². The zero-order valence-electron chi connectivity index (χ0n) is 11.0. The maximum atomic E-state index is 6.09. The molecule has 2 rings (SSSR count). The molecule has 0 N–H and O–H groups in total. The Kier molecular flexibility index (Phi) is 5.78. The van der Waals surface area contributed by atoms with Crippen LogP contribution < -0.4 is 0 Å². The molecule has 0 saturated heterocycles. The molecule has 0 aliphatic heterocycles. The summed E-state index contributed by atoms with van der Waals surface area (Å²) in [5.74, 6) is 1.63. The van der Waals surface area contributed by atoms with E-state index in [4.69, 9.17) is 4.74 Å². The highest BCUT2D eigenvalue weighted by Crippen LogP contribution is 2.34. The number of hydrogen-bond acceptors (Lipinski definition) is 1. The van der Waals surface area contributed by atoms with Gasteiger partial charge in [0.25, 0.3) is 0 Å². The maximum Gasteiger partial charge on any atom is 0.121 e. The Morgan fingerprint density at radius 3 is 2.58 bits per heavy atom. The van der Waals surface area contributed by atoms with E-state index in [0.29, 0.717) is 9.84 Å². The molecule has 4 heteroatoms. The lowest BCUT2D eigenvalue weighted by atomic mass is 9.96. The standard InChI is InChI=1S/C15H17Br2IO/c1-9(2)12-5-3-10(7-14(12)17)19-11-4-6-13(16)15(18)8-11/h3-6,9-10,15H,7-8H2,1-2H3. The average Bonchev–Trinajstić information content (AvgIpc) is 2.33. The molecule has 2 unspecified atom stereocenters. The molecular weight excluding hydrogens is 483 g/mol. The highest BCUT2D eigenvalue weighted by atomic mass is 127. The summed E-state index contributed by atoms with van der Waals surface area (Å²) in [7, 11) is 0. The van der Waals surface area contributed by atoms with Crippen LogP contribution >= 0.6 is 54.5 Å². The summed E-state index contributed by atoms with van der Waals surface area (Å²) in [4.78, 5) is 0. The Morgan fingerprint density at radius 2 is 2.00 bits per heavy atom. The quantitative estimate of drug-likeness (QED) is 0.341. The molecule has 0 radical (unpaired) electrons. The molecule has 19 heavy (non-hydrogen) atoms. The maximum absolute atomic E-state index is 6.09. The molecule has 1 nitrogen and oxygen atoms in total. The van der Waals surface area contributed by atoms with Gasteiger partial charge in [0, 0.05) is 25.7 Å².